The molecule has 1 N–H and O–H groups in total. The largest absolute Gasteiger partial charge is 0.467 e. The van der Waals surface area contributed by atoms with E-state index >= 15 is 0 Å². The zero-order valence-corrected chi connectivity index (χ0v) is 11.1. The van der Waals surface area contributed by atoms with Crippen LogP contribution in [-0.4, -0.2) is 48.4 Å². The average molecular weight is 256 g/mol. The van der Waals surface area contributed by atoms with Crippen molar-refractivity contribution in [1.29, 1.82) is 0 Å². The molecule has 0 unspecified atom stereocenters. The number of rotatable bonds is 9. The van der Waals surface area contributed by atoms with Crippen LogP contribution in [-0.2, 0) is 4.74 Å². The van der Waals surface area contributed by atoms with Crippen molar-refractivity contribution in [2.45, 2.75) is 20.3 Å². The molecular formula is C11H20N4O3. The van der Waals surface area contributed by atoms with E-state index in [1.165, 1.54) is 7.11 Å². The second-order valence-corrected chi connectivity index (χ2v) is 3.42. The molecule has 0 amide bonds. The summed E-state index contributed by atoms with van der Waals surface area (Å²) < 4.78 is 15.6. The number of anilines is 1. The Morgan fingerprint density at radius 1 is 1.00 bits per heavy atom. The number of nitrogens with one attached hydrogen (secondary N) is 1. The third-order valence-electron chi connectivity index (χ3n) is 1.92. The van der Waals surface area contributed by atoms with Gasteiger partial charge in [0.1, 0.15) is 6.61 Å². The average Bonchev–Trinajstić information content (AvgIpc) is 2.38. The van der Waals surface area contributed by atoms with Gasteiger partial charge in [0, 0.05) is 13.2 Å². The Labute approximate surface area is 107 Å². The summed E-state index contributed by atoms with van der Waals surface area (Å²) in [5.41, 5.74) is 0. The number of methoxy groups -OCH3 is 1. The number of hydrogen-bond acceptors (Lipinski definition) is 7. The SMILES string of the molecule is CCCOCCOc1nc(NCC)nc(OC)n1. The van der Waals surface area contributed by atoms with E-state index in [0.717, 1.165) is 13.0 Å². The van der Waals surface area contributed by atoms with Crippen molar-refractivity contribution in [1.82, 2.24) is 15.0 Å². The maximum absolute atomic E-state index is 5.37. The Bertz CT molecular complexity index is 349. The van der Waals surface area contributed by atoms with Gasteiger partial charge in [-0.05, 0) is 13.3 Å². The van der Waals surface area contributed by atoms with Crippen LogP contribution in [0.1, 0.15) is 20.3 Å². The molecule has 0 radical (unpaired) electrons. The van der Waals surface area contributed by atoms with Gasteiger partial charge < -0.3 is 19.5 Å². The highest BCUT2D eigenvalue weighted by molar-refractivity contribution is 5.27. The highest BCUT2D eigenvalue weighted by Crippen LogP contribution is 2.12. The molecule has 1 rings (SSSR count). The Morgan fingerprint density at radius 2 is 1.78 bits per heavy atom. The quantitative estimate of drug-likeness (QED) is 0.663. The van der Waals surface area contributed by atoms with Crippen molar-refractivity contribution in [2.75, 3.05) is 38.8 Å². The molecule has 0 saturated heterocycles. The maximum Gasteiger partial charge on any atom is 0.324 e. The summed E-state index contributed by atoms with van der Waals surface area (Å²) in [6.07, 6.45) is 0.990. The molecule has 7 nitrogen and oxygen atoms in total. The van der Waals surface area contributed by atoms with E-state index in [9.17, 15) is 0 Å². The minimum absolute atomic E-state index is 0.227. The molecule has 1 heterocycles. The van der Waals surface area contributed by atoms with Crippen molar-refractivity contribution in [3.05, 3.63) is 0 Å². The third kappa shape index (κ3) is 5.13. The smallest absolute Gasteiger partial charge is 0.324 e. The second-order valence-electron chi connectivity index (χ2n) is 3.42. The summed E-state index contributed by atoms with van der Waals surface area (Å²) in [7, 11) is 1.50. The lowest BCUT2D eigenvalue weighted by Crippen LogP contribution is -2.11. The van der Waals surface area contributed by atoms with Crippen LogP contribution in [0.15, 0.2) is 0 Å². The molecule has 0 fully saturated rings. The van der Waals surface area contributed by atoms with Crippen molar-refractivity contribution < 1.29 is 14.2 Å². The van der Waals surface area contributed by atoms with Gasteiger partial charge in [0.05, 0.1) is 13.7 Å². The lowest BCUT2D eigenvalue weighted by atomic mass is 10.5. The number of hydrogen-bond donors (Lipinski definition) is 1. The van der Waals surface area contributed by atoms with Crippen LogP contribution in [0.25, 0.3) is 0 Å². The summed E-state index contributed by atoms with van der Waals surface area (Å²) in [5.74, 6) is 0.439. The molecule has 1 aromatic rings. The molecule has 0 spiro atoms. The molecule has 0 bridgehead atoms. The van der Waals surface area contributed by atoms with Crippen molar-refractivity contribution in [3.63, 3.8) is 0 Å². The molecule has 0 aromatic carbocycles. The third-order valence-corrected chi connectivity index (χ3v) is 1.92. The minimum atomic E-state index is 0.227. The number of ether oxygens (including phenoxy) is 3. The van der Waals surface area contributed by atoms with Gasteiger partial charge in [-0.3, -0.25) is 0 Å². The van der Waals surface area contributed by atoms with Crippen LogP contribution in [0.2, 0.25) is 0 Å². The highest BCUT2D eigenvalue weighted by atomic mass is 16.5. The monoisotopic (exact) mass is 256 g/mol. The van der Waals surface area contributed by atoms with E-state index in [-0.39, 0.29) is 12.0 Å². The van der Waals surface area contributed by atoms with Crippen molar-refractivity contribution in [2.24, 2.45) is 0 Å². The fraction of sp³-hybridized carbons (Fsp3) is 0.727. The van der Waals surface area contributed by atoms with Crippen LogP contribution in [0.5, 0.6) is 12.0 Å². The van der Waals surface area contributed by atoms with Gasteiger partial charge in [-0.25, -0.2) is 0 Å². The van der Waals surface area contributed by atoms with Gasteiger partial charge in [0.15, 0.2) is 0 Å². The van der Waals surface area contributed by atoms with Gasteiger partial charge in [-0.1, -0.05) is 6.92 Å². The van der Waals surface area contributed by atoms with E-state index in [0.29, 0.717) is 25.7 Å². The van der Waals surface area contributed by atoms with Crippen LogP contribution < -0.4 is 14.8 Å². The van der Waals surface area contributed by atoms with Crippen molar-refractivity contribution >= 4 is 5.95 Å². The highest BCUT2D eigenvalue weighted by Gasteiger charge is 2.06. The molecule has 0 saturated carbocycles. The molecule has 0 aliphatic carbocycles. The zero-order chi connectivity index (χ0) is 13.2. The molecule has 7 heteroatoms. The Hall–Kier alpha value is -1.63. The van der Waals surface area contributed by atoms with E-state index in [2.05, 4.69) is 27.2 Å². The standard InChI is InChI=1S/C11H20N4O3/c1-4-6-17-7-8-18-11-14-9(12-5-2)13-10(15-11)16-3/h4-8H2,1-3H3,(H,12,13,14,15). The first kappa shape index (κ1) is 14.4. The normalized spacial score (nSPS) is 10.2. The van der Waals surface area contributed by atoms with E-state index in [4.69, 9.17) is 14.2 Å². The van der Waals surface area contributed by atoms with Gasteiger partial charge in [0.25, 0.3) is 0 Å². The Kier molecular flexibility index (Phi) is 6.78. The summed E-state index contributed by atoms with van der Waals surface area (Å²) in [6, 6.07) is 0.461. The van der Waals surface area contributed by atoms with Gasteiger partial charge >= 0.3 is 12.0 Å². The molecule has 18 heavy (non-hydrogen) atoms. The van der Waals surface area contributed by atoms with Crippen molar-refractivity contribution in [3.8, 4) is 12.0 Å². The topological polar surface area (TPSA) is 78.4 Å². The number of nitrogens with zero attached hydrogens (tertiary/aromatic N) is 3. The van der Waals surface area contributed by atoms with Gasteiger partial charge in [-0.2, -0.15) is 9.97 Å². The molecule has 0 aliphatic rings. The minimum Gasteiger partial charge on any atom is -0.467 e. The first-order chi connectivity index (χ1) is 8.80. The van der Waals surface area contributed by atoms with E-state index in [1.54, 1.807) is 0 Å². The fourth-order valence-electron chi connectivity index (χ4n) is 1.17. The summed E-state index contributed by atoms with van der Waals surface area (Å²) >= 11 is 0. The van der Waals surface area contributed by atoms with E-state index in [1.807, 2.05) is 6.92 Å². The molecule has 0 aliphatic heterocycles. The summed E-state index contributed by atoms with van der Waals surface area (Å²) in [5, 5.41) is 2.98. The predicted molar refractivity (Wildman–Crippen MR) is 67.1 cm³/mol. The maximum atomic E-state index is 5.37. The molecular weight excluding hydrogens is 236 g/mol. The molecule has 1 aromatic heterocycles. The van der Waals surface area contributed by atoms with Gasteiger partial charge in [-0.15, -0.1) is 4.98 Å². The first-order valence-corrected chi connectivity index (χ1v) is 6.04. The predicted octanol–water partition coefficient (Wildman–Crippen LogP) is 1.12. The molecule has 102 valence electrons. The Morgan fingerprint density at radius 3 is 2.44 bits per heavy atom. The Balaban J connectivity index is 2.50. The first-order valence-electron chi connectivity index (χ1n) is 6.04. The fourth-order valence-corrected chi connectivity index (χ4v) is 1.17. The molecule has 0 atom stereocenters. The summed E-state index contributed by atoms with van der Waals surface area (Å²) in [6.45, 7) is 6.37. The van der Waals surface area contributed by atoms with Gasteiger partial charge in [0.2, 0.25) is 5.95 Å². The lowest BCUT2D eigenvalue weighted by Gasteiger charge is -2.08. The van der Waals surface area contributed by atoms with Crippen LogP contribution in [0, 0.1) is 0 Å². The zero-order valence-electron chi connectivity index (χ0n) is 11.1. The van der Waals surface area contributed by atoms with Crippen LogP contribution in [0.4, 0.5) is 5.95 Å². The second kappa shape index (κ2) is 8.46. The summed E-state index contributed by atoms with van der Waals surface area (Å²) in [4.78, 5) is 12.1. The van der Waals surface area contributed by atoms with E-state index < -0.39 is 0 Å². The van der Waals surface area contributed by atoms with Crippen LogP contribution in [0.3, 0.4) is 0 Å². The lowest BCUT2D eigenvalue weighted by molar-refractivity contribution is 0.0968. The van der Waals surface area contributed by atoms with Crippen LogP contribution >= 0.6 is 0 Å². The number of aromatic nitrogens is 3.